The molecule has 2 rings (SSSR count). The van der Waals surface area contributed by atoms with Crippen molar-refractivity contribution in [1.29, 1.82) is 0 Å². The van der Waals surface area contributed by atoms with Gasteiger partial charge < -0.3 is 10.2 Å². The van der Waals surface area contributed by atoms with Crippen molar-refractivity contribution >= 4 is 5.91 Å². The third kappa shape index (κ3) is 4.20. The van der Waals surface area contributed by atoms with Crippen LogP contribution in [-0.4, -0.2) is 36.5 Å². The summed E-state index contributed by atoms with van der Waals surface area (Å²) in [7, 11) is 0. The van der Waals surface area contributed by atoms with Gasteiger partial charge in [-0.15, -0.1) is 0 Å². The Morgan fingerprint density at radius 3 is 2.53 bits per heavy atom. The molecule has 1 saturated carbocycles. The maximum absolute atomic E-state index is 12.3. The van der Waals surface area contributed by atoms with Gasteiger partial charge in [0.25, 0.3) is 0 Å². The van der Waals surface area contributed by atoms with E-state index in [0.717, 1.165) is 44.3 Å². The molecule has 1 amide bonds. The van der Waals surface area contributed by atoms with Gasteiger partial charge in [0.2, 0.25) is 5.91 Å². The zero-order valence-corrected chi connectivity index (χ0v) is 12.8. The van der Waals surface area contributed by atoms with Crippen molar-refractivity contribution in [3.8, 4) is 0 Å². The maximum atomic E-state index is 12.3. The Balaban J connectivity index is 1.89. The number of likely N-dealkylation sites (tertiary alicyclic amines) is 1. The lowest BCUT2D eigenvalue weighted by molar-refractivity contribution is -0.131. The third-order valence-electron chi connectivity index (χ3n) is 4.87. The van der Waals surface area contributed by atoms with Gasteiger partial charge in [0.15, 0.2) is 0 Å². The van der Waals surface area contributed by atoms with Crippen LogP contribution < -0.4 is 5.32 Å². The minimum Gasteiger partial charge on any atom is -0.341 e. The normalized spacial score (nSPS) is 26.6. The molecule has 1 N–H and O–H groups in total. The molecule has 2 unspecified atom stereocenters. The summed E-state index contributed by atoms with van der Waals surface area (Å²) in [6.45, 7) is 9.65. The lowest BCUT2D eigenvalue weighted by atomic mass is 9.89. The van der Waals surface area contributed by atoms with Crippen LogP contribution in [0.25, 0.3) is 0 Å². The highest BCUT2D eigenvalue weighted by atomic mass is 16.2. The van der Waals surface area contributed by atoms with E-state index in [1.54, 1.807) is 0 Å². The quantitative estimate of drug-likeness (QED) is 0.801. The van der Waals surface area contributed by atoms with Gasteiger partial charge in [0, 0.05) is 25.6 Å². The van der Waals surface area contributed by atoms with Crippen LogP contribution in [0.15, 0.2) is 0 Å². The zero-order chi connectivity index (χ0) is 13.8. The molecule has 110 valence electrons. The molecule has 3 nitrogen and oxygen atoms in total. The zero-order valence-electron chi connectivity index (χ0n) is 12.8. The van der Waals surface area contributed by atoms with E-state index in [9.17, 15) is 4.79 Å². The Morgan fingerprint density at radius 1 is 1.21 bits per heavy atom. The summed E-state index contributed by atoms with van der Waals surface area (Å²) in [6.07, 6.45) is 5.71. The second-order valence-corrected chi connectivity index (χ2v) is 6.67. The maximum Gasteiger partial charge on any atom is 0.222 e. The number of hydrogen-bond acceptors (Lipinski definition) is 2. The lowest BCUT2D eigenvalue weighted by Crippen LogP contribution is -2.44. The first-order chi connectivity index (χ1) is 9.11. The number of carbonyl (C=O) groups excluding carboxylic acids is 1. The number of amides is 1. The molecule has 0 aromatic heterocycles. The molecule has 0 aromatic carbocycles. The molecule has 0 aromatic rings. The first-order valence-electron chi connectivity index (χ1n) is 8.13. The Kier molecular flexibility index (Phi) is 5.26. The van der Waals surface area contributed by atoms with Gasteiger partial charge in [-0.3, -0.25) is 4.79 Å². The smallest absolute Gasteiger partial charge is 0.222 e. The van der Waals surface area contributed by atoms with E-state index in [4.69, 9.17) is 0 Å². The Hall–Kier alpha value is -0.570. The van der Waals surface area contributed by atoms with Crippen LogP contribution >= 0.6 is 0 Å². The van der Waals surface area contributed by atoms with Crippen LogP contribution in [0.5, 0.6) is 0 Å². The Morgan fingerprint density at radius 2 is 1.95 bits per heavy atom. The van der Waals surface area contributed by atoms with Crippen LogP contribution in [0.3, 0.4) is 0 Å². The van der Waals surface area contributed by atoms with E-state index in [1.807, 2.05) is 0 Å². The average molecular weight is 266 g/mol. The van der Waals surface area contributed by atoms with Gasteiger partial charge in [-0.05, 0) is 50.0 Å². The molecule has 3 heteroatoms. The van der Waals surface area contributed by atoms with E-state index in [0.29, 0.717) is 17.9 Å². The molecule has 0 radical (unpaired) electrons. The largest absolute Gasteiger partial charge is 0.341 e. The molecule has 0 spiro atoms. The molecule has 1 saturated heterocycles. The Bertz CT molecular complexity index is 299. The predicted octanol–water partition coefficient (Wildman–Crippen LogP) is 2.66. The molecule has 1 aliphatic carbocycles. The van der Waals surface area contributed by atoms with E-state index >= 15 is 0 Å². The summed E-state index contributed by atoms with van der Waals surface area (Å²) in [5.41, 5.74) is 0. The highest BCUT2D eigenvalue weighted by Gasteiger charge is 2.33. The SMILES string of the molecule is CCNC(CN1CCC(C(C)C)CCC1=O)C1CC1. The summed E-state index contributed by atoms with van der Waals surface area (Å²) in [5, 5.41) is 3.57. The fourth-order valence-electron chi connectivity index (χ4n) is 3.30. The van der Waals surface area contributed by atoms with E-state index in [-0.39, 0.29) is 0 Å². The topological polar surface area (TPSA) is 32.3 Å². The molecular weight excluding hydrogens is 236 g/mol. The summed E-state index contributed by atoms with van der Waals surface area (Å²) in [6, 6.07) is 0.532. The van der Waals surface area contributed by atoms with Crippen molar-refractivity contribution in [2.45, 2.75) is 58.9 Å². The van der Waals surface area contributed by atoms with Crippen molar-refractivity contribution in [3.05, 3.63) is 0 Å². The van der Waals surface area contributed by atoms with Gasteiger partial charge in [-0.25, -0.2) is 0 Å². The van der Waals surface area contributed by atoms with Gasteiger partial charge in [0.05, 0.1) is 0 Å². The monoisotopic (exact) mass is 266 g/mol. The molecule has 2 atom stereocenters. The van der Waals surface area contributed by atoms with Crippen LogP contribution in [0.4, 0.5) is 0 Å². The van der Waals surface area contributed by atoms with Gasteiger partial charge in [-0.2, -0.15) is 0 Å². The fourth-order valence-corrected chi connectivity index (χ4v) is 3.30. The van der Waals surface area contributed by atoms with Crippen LogP contribution in [0.2, 0.25) is 0 Å². The number of likely N-dealkylation sites (N-methyl/N-ethyl adjacent to an activating group) is 1. The minimum atomic E-state index is 0.381. The summed E-state index contributed by atoms with van der Waals surface area (Å²) < 4.78 is 0. The van der Waals surface area contributed by atoms with Gasteiger partial charge >= 0.3 is 0 Å². The minimum absolute atomic E-state index is 0.381. The van der Waals surface area contributed by atoms with Crippen molar-refractivity contribution < 1.29 is 4.79 Å². The number of nitrogens with zero attached hydrogens (tertiary/aromatic N) is 1. The van der Waals surface area contributed by atoms with Gasteiger partial charge in [0.1, 0.15) is 0 Å². The van der Waals surface area contributed by atoms with Crippen molar-refractivity contribution in [1.82, 2.24) is 10.2 Å². The molecule has 2 fully saturated rings. The van der Waals surface area contributed by atoms with E-state index < -0.39 is 0 Å². The molecule has 2 aliphatic rings. The molecular formula is C16H30N2O. The highest BCUT2D eigenvalue weighted by Crippen LogP contribution is 2.33. The number of carbonyl (C=O) groups is 1. The predicted molar refractivity (Wildman–Crippen MR) is 78.9 cm³/mol. The van der Waals surface area contributed by atoms with Crippen LogP contribution in [-0.2, 0) is 4.79 Å². The van der Waals surface area contributed by atoms with Gasteiger partial charge in [-0.1, -0.05) is 20.8 Å². The lowest BCUT2D eigenvalue weighted by Gasteiger charge is -2.27. The first kappa shape index (κ1) is 14.8. The molecule has 19 heavy (non-hydrogen) atoms. The summed E-state index contributed by atoms with van der Waals surface area (Å²) in [4.78, 5) is 14.4. The fraction of sp³-hybridized carbons (Fsp3) is 0.938. The number of nitrogens with one attached hydrogen (secondary N) is 1. The Labute approximate surface area is 118 Å². The van der Waals surface area contributed by atoms with E-state index in [2.05, 4.69) is 31.0 Å². The summed E-state index contributed by atoms with van der Waals surface area (Å²) in [5.74, 6) is 2.64. The second-order valence-electron chi connectivity index (χ2n) is 6.67. The third-order valence-corrected chi connectivity index (χ3v) is 4.87. The van der Waals surface area contributed by atoms with Crippen LogP contribution in [0.1, 0.15) is 52.9 Å². The highest BCUT2D eigenvalue weighted by molar-refractivity contribution is 5.76. The van der Waals surface area contributed by atoms with Crippen molar-refractivity contribution in [2.75, 3.05) is 19.6 Å². The average Bonchev–Trinajstić information content (AvgIpc) is 3.18. The van der Waals surface area contributed by atoms with Crippen molar-refractivity contribution in [2.24, 2.45) is 17.8 Å². The van der Waals surface area contributed by atoms with Crippen LogP contribution in [0, 0.1) is 17.8 Å². The number of hydrogen-bond donors (Lipinski definition) is 1. The second kappa shape index (κ2) is 6.74. The first-order valence-corrected chi connectivity index (χ1v) is 8.13. The molecule has 1 aliphatic heterocycles. The van der Waals surface area contributed by atoms with Crippen molar-refractivity contribution in [3.63, 3.8) is 0 Å². The molecule has 1 heterocycles. The molecule has 0 bridgehead atoms. The standard InChI is InChI=1S/C16H30N2O/c1-4-17-15(14-5-6-14)11-18-10-9-13(12(2)3)7-8-16(18)19/h12-15,17H,4-11H2,1-3H3. The number of rotatable bonds is 6. The van der Waals surface area contributed by atoms with E-state index in [1.165, 1.54) is 19.3 Å². The summed E-state index contributed by atoms with van der Waals surface area (Å²) >= 11 is 0.